The van der Waals surface area contributed by atoms with Gasteiger partial charge in [-0.25, -0.2) is 0 Å². The Balaban J connectivity index is 2.85. The zero-order chi connectivity index (χ0) is 9.35. The number of aromatic nitrogens is 1. The molecule has 0 aromatic carbocycles. The Morgan fingerprint density at radius 1 is 1.58 bits per heavy atom. The maximum Gasteiger partial charge on any atom is 0.419 e. The van der Waals surface area contributed by atoms with Crippen molar-refractivity contribution in [2.45, 2.75) is 12.3 Å². The lowest BCUT2D eigenvalue weighted by Crippen LogP contribution is -2.18. The summed E-state index contributed by atoms with van der Waals surface area (Å²) in [5, 5.41) is 8.39. The monoisotopic (exact) mass is 197 g/mol. The summed E-state index contributed by atoms with van der Waals surface area (Å²) in [6.07, 6.45) is -6.35. The third-order valence-electron chi connectivity index (χ3n) is 1.10. The van der Waals surface area contributed by atoms with Crippen molar-refractivity contribution < 1.29 is 18.3 Å². The van der Waals surface area contributed by atoms with Crippen LogP contribution in [0.1, 0.15) is 11.0 Å². The quantitative estimate of drug-likeness (QED) is 0.751. The Kier molecular flexibility index (Phi) is 2.25. The molecule has 12 heavy (non-hydrogen) atoms. The first-order chi connectivity index (χ1) is 5.41. The first-order valence-corrected chi connectivity index (χ1v) is 3.65. The van der Waals surface area contributed by atoms with E-state index >= 15 is 0 Å². The number of aliphatic hydroxyl groups excluding tert-OH is 1. The van der Waals surface area contributed by atoms with Crippen LogP contribution in [0.5, 0.6) is 0 Å². The molecule has 1 heterocycles. The molecule has 68 valence electrons. The van der Waals surface area contributed by atoms with Gasteiger partial charge in [0.15, 0.2) is 6.10 Å². The Morgan fingerprint density at radius 3 is 2.50 bits per heavy atom. The van der Waals surface area contributed by atoms with Gasteiger partial charge in [-0.1, -0.05) is 6.20 Å². The molecule has 0 aliphatic carbocycles. The zero-order valence-corrected chi connectivity index (χ0v) is 6.41. The fraction of sp³-hybridized carbons (Fsp3) is 0.400. The summed E-state index contributed by atoms with van der Waals surface area (Å²) in [6, 6.07) is 0. The van der Waals surface area contributed by atoms with Gasteiger partial charge in [0.1, 0.15) is 0 Å². The van der Waals surface area contributed by atoms with E-state index < -0.39 is 12.3 Å². The molecule has 7 heteroatoms. The molecule has 3 nitrogen and oxygen atoms in total. The fourth-order valence-corrected chi connectivity index (χ4v) is 1.25. The molecule has 0 saturated carbocycles. The summed E-state index contributed by atoms with van der Waals surface area (Å²) < 4.78 is 35.4. The van der Waals surface area contributed by atoms with Gasteiger partial charge in [0, 0.05) is 4.88 Å². The maximum absolute atomic E-state index is 11.8. The lowest BCUT2D eigenvalue weighted by Gasteiger charge is -2.12. The molecular weight excluding hydrogens is 193 g/mol. The highest BCUT2D eigenvalue weighted by Gasteiger charge is 2.39. The van der Waals surface area contributed by atoms with Crippen LogP contribution in [0.3, 0.4) is 0 Å². The lowest BCUT2D eigenvalue weighted by atomic mass is 10.3. The number of thiazole rings is 1. The molecule has 0 aliphatic rings. The number of nitrogens with zero attached hydrogens (tertiary/aromatic N) is 1. The molecule has 0 radical (unpaired) electrons. The second-order valence-corrected chi connectivity index (χ2v) is 3.07. The average Bonchev–Trinajstić information content (AvgIpc) is 2.32. The summed E-state index contributed by atoms with van der Waals surface area (Å²) in [6.45, 7) is 0. The molecule has 1 atom stereocenters. The van der Waals surface area contributed by atoms with Crippen molar-refractivity contribution in [3.8, 4) is 0 Å². The minimum atomic E-state index is -4.68. The summed E-state index contributed by atoms with van der Waals surface area (Å²) >= 11 is 0.508. The minimum Gasteiger partial charge on any atom is -0.473 e. The highest BCUT2D eigenvalue weighted by molar-refractivity contribution is 7.15. The molecule has 0 saturated heterocycles. The van der Waals surface area contributed by atoms with Gasteiger partial charge in [-0.15, -0.1) is 11.3 Å². The Morgan fingerprint density at radius 2 is 2.17 bits per heavy atom. The average molecular weight is 197 g/mol. The molecule has 1 aromatic rings. The van der Waals surface area contributed by atoms with Crippen LogP contribution >= 0.6 is 11.3 Å². The maximum atomic E-state index is 11.8. The van der Waals surface area contributed by atoms with Crippen LogP contribution in [0.15, 0.2) is 6.20 Å². The molecule has 0 fully saturated rings. The SMILES string of the molecule is [NH-]c1ncc(C(O)C(F)(F)F)s1. The first kappa shape index (κ1) is 9.27. The van der Waals surface area contributed by atoms with Gasteiger partial charge < -0.3 is 15.8 Å². The number of alkyl halides is 3. The standard InChI is InChI=1S/C5H4F3N2OS/c6-5(7,8)3(11)2-1-10-4(9)12-2/h1,3,11H,(H-,9,10)/q-1. The van der Waals surface area contributed by atoms with Crippen LogP contribution in [0.25, 0.3) is 5.73 Å². The molecule has 1 rings (SSSR count). The van der Waals surface area contributed by atoms with Crippen LogP contribution < -0.4 is 0 Å². The van der Waals surface area contributed by atoms with Crippen molar-refractivity contribution in [1.82, 2.24) is 4.98 Å². The van der Waals surface area contributed by atoms with E-state index in [0.717, 1.165) is 6.20 Å². The summed E-state index contributed by atoms with van der Waals surface area (Å²) in [4.78, 5) is 2.92. The van der Waals surface area contributed by atoms with Gasteiger partial charge in [-0.2, -0.15) is 13.2 Å². The van der Waals surface area contributed by atoms with Gasteiger partial charge in [0.05, 0.1) is 0 Å². The van der Waals surface area contributed by atoms with Crippen molar-refractivity contribution in [2.75, 3.05) is 0 Å². The van der Waals surface area contributed by atoms with Crippen LogP contribution in [0.2, 0.25) is 0 Å². The van der Waals surface area contributed by atoms with Gasteiger partial charge in [-0.05, 0) is 5.13 Å². The normalized spacial score (nSPS) is 14.7. The number of halogens is 3. The van der Waals surface area contributed by atoms with Crippen molar-refractivity contribution in [3.63, 3.8) is 0 Å². The number of hydrogen-bond donors (Lipinski definition) is 1. The number of rotatable bonds is 1. The van der Waals surface area contributed by atoms with Crippen LogP contribution in [-0.2, 0) is 0 Å². The molecule has 0 amide bonds. The van der Waals surface area contributed by atoms with Gasteiger partial charge in [0.25, 0.3) is 0 Å². The van der Waals surface area contributed by atoms with E-state index in [1.54, 1.807) is 0 Å². The second kappa shape index (κ2) is 2.91. The minimum absolute atomic E-state index is 0.242. The van der Waals surface area contributed by atoms with Crippen LogP contribution in [-0.4, -0.2) is 16.3 Å². The summed E-state index contributed by atoms with van der Waals surface area (Å²) in [5.74, 6) is 0. The highest BCUT2D eigenvalue weighted by Crippen LogP contribution is 2.36. The Bertz CT molecular complexity index is 272. The van der Waals surface area contributed by atoms with E-state index in [1.807, 2.05) is 0 Å². The fourth-order valence-electron chi connectivity index (χ4n) is 0.574. The van der Waals surface area contributed by atoms with E-state index in [1.165, 1.54) is 0 Å². The van der Waals surface area contributed by atoms with Crippen LogP contribution in [0.4, 0.5) is 18.3 Å². The molecule has 1 unspecified atom stereocenters. The van der Waals surface area contributed by atoms with Gasteiger partial charge in [-0.3, -0.25) is 0 Å². The van der Waals surface area contributed by atoms with Gasteiger partial charge >= 0.3 is 6.18 Å². The third-order valence-corrected chi connectivity index (χ3v) is 1.97. The van der Waals surface area contributed by atoms with Crippen molar-refractivity contribution in [1.29, 1.82) is 0 Å². The molecule has 0 aliphatic heterocycles. The lowest BCUT2D eigenvalue weighted by molar-refractivity contribution is -0.205. The topological polar surface area (TPSA) is 56.9 Å². The van der Waals surface area contributed by atoms with Crippen molar-refractivity contribution >= 4 is 16.5 Å². The number of hydrogen-bond acceptors (Lipinski definition) is 3. The highest BCUT2D eigenvalue weighted by atomic mass is 32.1. The molecule has 2 N–H and O–H groups in total. The predicted molar refractivity (Wildman–Crippen MR) is 37.1 cm³/mol. The molecule has 0 spiro atoms. The van der Waals surface area contributed by atoms with Crippen LogP contribution in [0, 0.1) is 0 Å². The van der Waals surface area contributed by atoms with E-state index in [0.29, 0.717) is 11.3 Å². The first-order valence-electron chi connectivity index (χ1n) is 2.83. The van der Waals surface area contributed by atoms with E-state index in [4.69, 9.17) is 10.8 Å². The third kappa shape index (κ3) is 1.86. The largest absolute Gasteiger partial charge is 0.473 e. The molecule has 1 aromatic heterocycles. The van der Waals surface area contributed by atoms with E-state index in [-0.39, 0.29) is 10.0 Å². The predicted octanol–water partition coefficient (Wildman–Crippen LogP) is 2.42. The molecular formula is C5H4F3N2OS-. The summed E-state index contributed by atoms with van der Waals surface area (Å²) in [7, 11) is 0. The van der Waals surface area contributed by atoms with Crippen molar-refractivity contribution in [3.05, 3.63) is 16.8 Å². The summed E-state index contributed by atoms with van der Waals surface area (Å²) in [5.41, 5.74) is 6.84. The van der Waals surface area contributed by atoms with Crippen molar-refractivity contribution in [2.24, 2.45) is 0 Å². The second-order valence-electron chi connectivity index (χ2n) is 2.01. The Hall–Kier alpha value is -0.820. The number of aliphatic hydroxyl groups is 1. The van der Waals surface area contributed by atoms with Gasteiger partial charge in [0.2, 0.25) is 0 Å². The van der Waals surface area contributed by atoms with E-state index in [2.05, 4.69) is 4.98 Å². The molecule has 0 bridgehead atoms. The Labute approximate surface area is 69.7 Å². The number of nitrogens with one attached hydrogen (secondary N) is 1. The smallest absolute Gasteiger partial charge is 0.419 e. The van der Waals surface area contributed by atoms with E-state index in [9.17, 15) is 13.2 Å². The zero-order valence-electron chi connectivity index (χ0n) is 5.59.